The van der Waals surface area contributed by atoms with Crippen LogP contribution in [0.3, 0.4) is 0 Å². The van der Waals surface area contributed by atoms with E-state index in [4.69, 9.17) is 0 Å². The van der Waals surface area contributed by atoms with Gasteiger partial charge in [0.05, 0.1) is 5.69 Å². The van der Waals surface area contributed by atoms with Crippen molar-refractivity contribution in [3.05, 3.63) is 18.0 Å². The number of nitrogens with one attached hydrogen (secondary N) is 1. The van der Waals surface area contributed by atoms with Crippen LogP contribution < -0.4 is 5.32 Å². The molecule has 1 aromatic heterocycles. The zero-order valence-electron chi connectivity index (χ0n) is 8.91. The first kappa shape index (κ1) is 9.33. The Hall–Kier alpha value is -0.900. The monoisotopic (exact) mass is 209 g/mol. The second kappa shape index (κ2) is 3.04. The van der Waals surface area contributed by atoms with Crippen LogP contribution in [-0.4, -0.2) is 21.9 Å². The normalized spacial score (nSPS) is 39.6. The smallest absolute Gasteiger partial charge is 0.157 e. The average molecular weight is 209 g/mol. The summed E-state index contributed by atoms with van der Waals surface area (Å²) >= 11 is 0. The molecule has 0 radical (unpaired) electrons. The van der Waals surface area contributed by atoms with Crippen molar-refractivity contribution in [2.75, 3.05) is 0 Å². The Balaban J connectivity index is 1.90. The van der Waals surface area contributed by atoms with Gasteiger partial charge in [0, 0.05) is 38.2 Å². The number of rotatable bonds is 1. The van der Waals surface area contributed by atoms with Crippen molar-refractivity contribution in [1.82, 2.24) is 15.1 Å². The molecule has 2 fully saturated rings. The fourth-order valence-electron chi connectivity index (χ4n) is 2.95. The van der Waals surface area contributed by atoms with Crippen molar-refractivity contribution in [2.24, 2.45) is 7.05 Å². The molecule has 15 heavy (non-hydrogen) atoms. The Morgan fingerprint density at radius 3 is 2.67 bits per heavy atom. The lowest BCUT2D eigenvalue weighted by molar-refractivity contribution is 0.0820. The molecular formula is C11H16FN3. The van der Waals surface area contributed by atoms with Gasteiger partial charge in [-0.3, -0.25) is 4.68 Å². The summed E-state index contributed by atoms with van der Waals surface area (Å²) in [5.41, 5.74) is -0.582. The highest BCUT2D eigenvalue weighted by molar-refractivity contribution is 5.15. The predicted octanol–water partition coefficient (Wildman–Crippen LogP) is 1.50. The molecule has 0 spiro atoms. The van der Waals surface area contributed by atoms with Crippen molar-refractivity contribution in [3.63, 3.8) is 0 Å². The molecule has 1 N–H and O–H groups in total. The van der Waals surface area contributed by atoms with Gasteiger partial charge in [0.25, 0.3) is 0 Å². The second-order valence-corrected chi connectivity index (χ2v) is 4.89. The maximum atomic E-state index is 14.7. The highest BCUT2D eigenvalue weighted by atomic mass is 19.1. The van der Waals surface area contributed by atoms with Crippen LogP contribution in [-0.2, 0) is 12.7 Å². The maximum Gasteiger partial charge on any atom is 0.157 e. The van der Waals surface area contributed by atoms with E-state index in [1.165, 1.54) is 0 Å². The summed E-state index contributed by atoms with van der Waals surface area (Å²) in [6.07, 6.45) is 5.22. The van der Waals surface area contributed by atoms with Crippen molar-refractivity contribution in [2.45, 2.75) is 43.4 Å². The summed E-state index contributed by atoms with van der Waals surface area (Å²) in [6.45, 7) is 0. The summed E-state index contributed by atoms with van der Waals surface area (Å²) in [7, 11) is 1.84. The molecule has 2 atom stereocenters. The van der Waals surface area contributed by atoms with Crippen molar-refractivity contribution < 1.29 is 4.39 Å². The zero-order valence-corrected chi connectivity index (χ0v) is 8.91. The Bertz CT molecular complexity index is 362. The first-order valence-electron chi connectivity index (χ1n) is 5.61. The molecule has 0 saturated carbocycles. The highest BCUT2D eigenvalue weighted by Gasteiger charge is 2.46. The van der Waals surface area contributed by atoms with Crippen LogP contribution in [0.15, 0.2) is 12.3 Å². The number of aryl methyl sites for hydroxylation is 1. The van der Waals surface area contributed by atoms with E-state index in [0.29, 0.717) is 30.6 Å². The van der Waals surface area contributed by atoms with Crippen molar-refractivity contribution >= 4 is 0 Å². The number of alkyl halides is 1. The molecule has 3 rings (SSSR count). The molecule has 2 aliphatic heterocycles. The van der Waals surface area contributed by atoms with E-state index in [1.54, 1.807) is 4.68 Å². The van der Waals surface area contributed by atoms with Gasteiger partial charge in [-0.1, -0.05) is 0 Å². The Kier molecular flexibility index (Phi) is 1.89. The third kappa shape index (κ3) is 1.47. The molecule has 2 aliphatic rings. The van der Waals surface area contributed by atoms with Crippen LogP contribution >= 0.6 is 0 Å². The van der Waals surface area contributed by atoms with Gasteiger partial charge in [-0.25, -0.2) is 4.39 Å². The highest BCUT2D eigenvalue weighted by Crippen LogP contribution is 2.42. The lowest BCUT2D eigenvalue weighted by Crippen LogP contribution is -2.44. The maximum absolute atomic E-state index is 14.7. The van der Waals surface area contributed by atoms with Gasteiger partial charge in [0.1, 0.15) is 0 Å². The Morgan fingerprint density at radius 2 is 2.13 bits per heavy atom. The Morgan fingerprint density at radius 1 is 1.47 bits per heavy atom. The molecule has 0 amide bonds. The molecule has 0 aromatic carbocycles. The molecule has 2 bridgehead atoms. The van der Waals surface area contributed by atoms with Gasteiger partial charge in [-0.2, -0.15) is 5.10 Å². The fraction of sp³-hybridized carbons (Fsp3) is 0.727. The SMILES string of the molecule is Cn1ccc(C2(F)CC3CCC(C2)N3)n1. The summed E-state index contributed by atoms with van der Waals surface area (Å²) in [4.78, 5) is 0. The van der Waals surface area contributed by atoms with E-state index < -0.39 is 5.67 Å². The number of hydrogen-bond acceptors (Lipinski definition) is 2. The molecule has 3 nitrogen and oxygen atoms in total. The van der Waals surface area contributed by atoms with Crippen LogP contribution in [0.1, 0.15) is 31.4 Å². The number of fused-ring (bicyclic) bond motifs is 2. The van der Waals surface area contributed by atoms with Gasteiger partial charge in [0.15, 0.2) is 5.67 Å². The number of nitrogens with zero attached hydrogens (tertiary/aromatic N) is 2. The van der Waals surface area contributed by atoms with E-state index in [-0.39, 0.29) is 0 Å². The topological polar surface area (TPSA) is 29.9 Å². The minimum atomic E-state index is -1.20. The lowest BCUT2D eigenvalue weighted by atomic mass is 9.86. The first-order valence-corrected chi connectivity index (χ1v) is 5.61. The van der Waals surface area contributed by atoms with E-state index in [9.17, 15) is 4.39 Å². The van der Waals surface area contributed by atoms with Gasteiger partial charge >= 0.3 is 0 Å². The lowest BCUT2D eigenvalue weighted by Gasteiger charge is -2.33. The van der Waals surface area contributed by atoms with E-state index in [1.807, 2.05) is 19.3 Å². The van der Waals surface area contributed by atoms with E-state index in [0.717, 1.165) is 12.8 Å². The van der Waals surface area contributed by atoms with Crippen molar-refractivity contribution in [3.8, 4) is 0 Å². The van der Waals surface area contributed by atoms with E-state index >= 15 is 0 Å². The molecule has 1 aromatic rings. The molecule has 2 unspecified atom stereocenters. The van der Waals surface area contributed by atoms with Crippen molar-refractivity contribution in [1.29, 1.82) is 0 Å². The quantitative estimate of drug-likeness (QED) is 0.759. The minimum absolute atomic E-state index is 0.357. The van der Waals surface area contributed by atoms with Gasteiger partial charge < -0.3 is 5.32 Å². The van der Waals surface area contributed by atoms with Gasteiger partial charge in [-0.15, -0.1) is 0 Å². The zero-order chi connectivity index (χ0) is 10.5. The summed E-state index contributed by atoms with van der Waals surface area (Å²) in [5, 5.41) is 7.66. The molecule has 0 aliphatic carbocycles. The molecule has 3 heterocycles. The third-order valence-corrected chi connectivity index (χ3v) is 3.65. The average Bonchev–Trinajstić information content (AvgIpc) is 2.74. The number of halogens is 1. The van der Waals surface area contributed by atoms with Crippen LogP contribution in [0.2, 0.25) is 0 Å². The standard InChI is InChI=1S/C11H16FN3/c1-15-5-4-10(14-15)11(12)6-8-2-3-9(7-11)13-8/h4-5,8-9,13H,2-3,6-7H2,1H3. The van der Waals surface area contributed by atoms with Crippen LogP contribution in [0.4, 0.5) is 4.39 Å². The summed E-state index contributed by atoms with van der Waals surface area (Å²) in [6, 6.07) is 2.52. The van der Waals surface area contributed by atoms with Crippen LogP contribution in [0.5, 0.6) is 0 Å². The second-order valence-electron chi connectivity index (χ2n) is 4.89. The van der Waals surface area contributed by atoms with Crippen LogP contribution in [0, 0.1) is 0 Å². The molecular weight excluding hydrogens is 193 g/mol. The van der Waals surface area contributed by atoms with Gasteiger partial charge in [-0.05, 0) is 18.9 Å². The largest absolute Gasteiger partial charge is 0.311 e. The van der Waals surface area contributed by atoms with E-state index in [2.05, 4.69) is 10.4 Å². The first-order chi connectivity index (χ1) is 7.16. The molecule has 82 valence electrons. The number of hydrogen-bond donors (Lipinski definition) is 1. The minimum Gasteiger partial charge on any atom is -0.311 e. The predicted molar refractivity (Wildman–Crippen MR) is 55.2 cm³/mol. The molecule has 4 heteroatoms. The number of piperidine rings is 1. The Labute approximate surface area is 88.7 Å². The summed E-state index contributed by atoms with van der Waals surface area (Å²) in [5.74, 6) is 0. The fourth-order valence-corrected chi connectivity index (χ4v) is 2.95. The third-order valence-electron chi connectivity index (χ3n) is 3.65. The number of aromatic nitrogens is 2. The summed E-state index contributed by atoms with van der Waals surface area (Å²) < 4.78 is 16.4. The molecule has 2 saturated heterocycles. The van der Waals surface area contributed by atoms with Crippen LogP contribution in [0.25, 0.3) is 0 Å². The van der Waals surface area contributed by atoms with Gasteiger partial charge in [0.2, 0.25) is 0 Å².